The Labute approximate surface area is 222 Å². The third-order valence-electron chi connectivity index (χ3n) is 9.05. The zero-order chi connectivity index (χ0) is 25.3. The molecule has 0 saturated heterocycles. The van der Waals surface area contributed by atoms with Crippen LogP contribution in [0, 0.1) is 0 Å². The van der Waals surface area contributed by atoms with E-state index in [1.165, 1.54) is 103 Å². The van der Waals surface area contributed by atoms with Gasteiger partial charge < -0.3 is 16.0 Å². The van der Waals surface area contributed by atoms with Gasteiger partial charge in [0, 0.05) is 18.1 Å². The highest BCUT2D eigenvalue weighted by atomic mass is 16.2. The molecule has 3 aliphatic carbocycles. The maximum Gasteiger partial charge on any atom is 0.315 e. The molecule has 0 heterocycles. The Balaban J connectivity index is 1.38. The fourth-order valence-electron chi connectivity index (χ4n) is 6.81. The molecular weight excluding hydrogens is 445 g/mol. The molecule has 0 aliphatic heterocycles. The smallest absolute Gasteiger partial charge is 0.315 e. The maximum atomic E-state index is 13.0. The lowest BCUT2D eigenvalue weighted by Crippen LogP contribution is -2.46. The molecule has 36 heavy (non-hydrogen) atoms. The summed E-state index contributed by atoms with van der Waals surface area (Å²) >= 11 is 0. The van der Waals surface area contributed by atoms with Gasteiger partial charge in [-0.15, -0.1) is 0 Å². The van der Waals surface area contributed by atoms with E-state index in [-0.39, 0.29) is 17.9 Å². The lowest BCUT2D eigenvalue weighted by molar-refractivity contribution is 0.227. The summed E-state index contributed by atoms with van der Waals surface area (Å²) in [5.41, 5.74) is 0. The molecule has 3 rings (SSSR count). The van der Waals surface area contributed by atoms with Crippen LogP contribution in [0.4, 0.5) is 9.59 Å². The van der Waals surface area contributed by atoms with Crippen LogP contribution in [-0.2, 0) is 0 Å². The number of amides is 3. The standard InChI is InChI=1S/C30H56BN3O2/c35-29(31-25-17-10-5-2-1-3-6-11-18-25)32-26-19-14-9-15-22-28(24-16-23-26)34-30(36)33-27-20-12-7-4-8-13-21-27/h25-28,31H,1-24H2,(H,32,35)(H2,33,34,36). The van der Waals surface area contributed by atoms with Gasteiger partial charge in [-0.05, 0) is 44.9 Å². The van der Waals surface area contributed by atoms with Crippen molar-refractivity contribution in [1.82, 2.24) is 16.0 Å². The molecule has 0 radical (unpaired) electrons. The first-order valence-corrected chi connectivity index (χ1v) is 16.1. The third kappa shape index (κ3) is 12.9. The quantitative estimate of drug-likeness (QED) is 0.337. The van der Waals surface area contributed by atoms with E-state index in [0.29, 0.717) is 17.9 Å². The van der Waals surface area contributed by atoms with E-state index in [0.717, 1.165) is 58.6 Å². The summed E-state index contributed by atoms with van der Waals surface area (Å²) in [4.78, 5) is 25.7. The summed E-state index contributed by atoms with van der Waals surface area (Å²) < 4.78 is 0. The van der Waals surface area contributed by atoms with Crippen LogP contribution in [-0.4, -0.2) is 37.2 Å². The van der Waals surface area contributed by atoms with Crippen molar-refractivity contribution in [2.45, 2.75) is 178 Å². The number of hydrogen-bond acceptors (Lipinski definition) is 2. The highest BCUT2D eigenvalue weighted by Crippen LogP contribution is 2.25. The van der Waals surface area contributed by atoms with Crippen molar-refractivity contribution in [1.29, 1.82) is 0 Å². The molecule has 0 aromatic carbocycles. The molecule has 3 fully saturated rings. The second-order valence-corrected chi connectivity index (χ2v) is 12.3. The summed E-state index contributed by atoms with van der Waals surface area (Å²) in [7, 11) is 0.724. The normalized spacial score (nSPS) is 27.0. The van der Waals surface area contributed by atoms with Crippen molar-refractivity contribution in [2.24, 2.45) is 0 Å². The fourth-order valence-corrected chi connectivity index (χ4v) is 6.81. The van der Waals surface area contributed by atoms with Crippen molar-refractivity contribution >= 4 is 19.1 Å². The molecule has 0 bridgehead atoms. The van der Waals surface area contributed by atoms with Gasteiger partial charge in [-0.3, -0.25) is 4.79 Å². The highest BCUT2D eigenvalue weighted by molar-refractivity contribution is 6.74. The van der Waals surface area contributed by atoms with E-state index < -0.39 is 0 Å². The van der Waals surface area contributed by atoms with Crippen LogP contribution in [0.3, 0.4) is 0 Å². The Morgan fingerprint density at radius 2 is 0.750 bits per heavy atom. The van der Waals surface area contributed by atoms with Gasteiger partial charge in [0.2, 0.25) is 7.28 Å². The molecule has 5 nitrogen and oxygen atoms in total. The Hall–Kier alpha value is -1.20. The van der Waals surface area contributed by atoms with Crippen LogP contribution in [0.25, 0.3) is 0 Å². The Kier molecular flexibility index (Phi) is 14.8. The largest absolute Gasteiger partial charge is 0.362 e. The van der Waals surface area contributed by atoms with Crippen molar-refractivity contribution in [3.05, 3.63) is 0 Å². The van der Waals surface area contributed by atoms with Crippen molar-refractivity contribution in [3.63, 3.8) is 0 Å². The molecule has 0 aromatic rings. The highest BCUT2D eigenvalue weighted by Gasteiger charge is 2.22. The van der Waals surface area contributed by atoms with Crippen LogP contribution < -0.4 is 16.0 Å². The van der Waals surface area contributed by atoms with E-state index in [1.54, 1.807) is 0 Å². The van der Waals surface area contributed by atoms with E-state index in [2.05, 4.69) is 16.0 Å². The Morgan fingerprint density at radius 1 is 0.417 bits per heavy atom. The average Bonchev–Trinajstić information content (AvgIpc) is 2.84. The minimum atomic E-state index is 0.0400. The fraction of sp³-hybridized carbons (Fsp3) is 0.933. The van der Waals surface area contributed by atoms with Crippen LogP contribution >= 0.6 is 0 Å². The summed E-state index contributed by atoms with van der Waals surface area (Å²) in [6, 6.07) is 0.949. The van der Waals surface area contributed by atoms with Gasteiger partial charge in [-0.25, -0.2) is 4.79 Å². The monoisotopic (exact) mass is 501 g/mol. The molecule has 2 atom stereocenters. The van der Waals surface area contributed by atoms with Crippen LogP contribution in [0.1, 0.15) is 154 Å². The molecule has 3 saturated carbocycles. The molecule has 3 N–H and O–H groups in total. The molecule has 3 aliphatic rings. The number of rotatable bonds is 5. The van der Waals surface area contributed by atoms with Crippen LogP contribution in [0.15, 0.2) is 0 Å². The predicted octanol–water partition coefficient (Wildman–Crippen LogP) is 7.73. The number of carbonyl (C=O) groups is 2. The first kappa shape index (κ1) is 29.4. The van der Waals surface area contributed by atoms with Gasteiger partial charge in [-0.2, -0.15) is 0 Å². The van der Waals surface area contributed by atoms with Crippen molar-refractivity contribution in [2.75, 3.05) is 0 Å². The summed E-state index contributed by atoms with van der Waals surface area (Å²) in [6.45, 7) is 0. The zero-order valence-corrected chi connectivity index (χ0v) is 23.3. The molecular formula is C30H56BN3O2. The second kappa shape index (κ2) is 18.1. The van der Waals surface area contributed by atoms with E-state index >= 15 is 0 Å². The van der Waals surface area contributed by atoms with Crippen molar-refractivity contribution < 1.29 is 9.59 Å². The maximum absolute atomic E-state index is 13.0. The Morgan fingerprint density at radius 3 is 1.22 bits per heavy atom. The summed E-state index contributed by atoms with van der Waals surface area (Å²) in [5, 5.41) is 10.0. The lowest BCUT2D eigenvalue weighted by Gasteiger charge is -2.26. The van der Waals surface area contributed by atoms with Gasteiger partial charge in [0.05, 0.1) is 0 Å². The average molecular weight is 502 g/mol. The number of nitrogens with one attached hydrogen (secondary N) is 3. The molecule has 2 unspecified atom stereocenters. The minimum Gasteiger partial charge on any atom is -0.362 e. The number of urea groups is 1. The topological polar surface area (TPSA) is 70.2 Å². The first-order chi connectivity index (χ1) is 17.7. The van der Waals surface area contributed by atoms with Gasteiger partial charge in [0.1, 0.15) is 0 Å². The van der Waals surface area contributed by atoms with Crippen molar-refractivity contribution in [3.8, 4) is 0 Å². The number of hydrogen-bond donors (Lipinski definition) is 3. The SMILES string of the molecule is O=C(BC1CCCCCCCCC1)NC1CCCCCC(NC(=O)NC2CCCCCCC2)CCC1. The van der Waals surface area contributed by atoms with E-state index in [1.807, 2.05) is 0 Å². The van der Waals surface area contributed by atoms with Gasteiger partial charge in [-0.1, -0.05) is 115 Å². The van der Waals surface area contributed by atoms with Crippen LogP contribution in [0.2, 0.25) is 5.82 Å². The molecule has 206 valence electrons. The van der Waals surface area contributed by atoms with E-state index in [4.69, 9.17) is 0 Å². The molecule has 0 spiro atoms. The molecule has 3 amide bonds. The molecule has 0 aromatic heterocycles. The summed E-state index contributed by atoms with van der Waals surface area (Å²) in [5.74, 6) is 0.861. The first-order valence-electron chi connectivity index (χ1n) is 16.1. The van der Waals surface area contributed by atoms with Gasteiger partial charge in [0.15, 0.2) is 5.81 Å². The lowest BCUT2D eigenvalue weighted by atomic mass is 9.59. The van der Waals surface area contributed by atoms with Gasteiger partial charge in [0.25, 0.3) is 0 Å². The third-order valence-corrected chi connectivity index (χ3v) is 9.05. The Bertz CT molecular complexity index is 599. The summed E-state index contributed by atoms with van der Waals surface area (Å²) in [6.07, 6.45) is 29.4. The van der Waals surface area contributed by atoms with E-state index in [9.17, 15) is 9.59 Å². The predicted molar refractivity (Wildman–Crippen MR) is 153 cm³/mol. The number of carbonyl (C=O) groups excluding carboxylic acids is 2. The molecule has 6 heteroatoms. The second-order valence-electron chi connectivity index (χ2n) is 12.3. The zero-order valence-electron chi connectivity index (χ0n) is 23.3. The van der Waals surface area contributed by atoms with Crippen LogP contribution in [0.5, 0.6) is 0 Å². The minimum absolute atomic E-state index is 0.0400. The van der Waals surface area contributed by atoms with Gasteiger partial charge >= 0.3 is 6.03 Å².